The van der Waals surface area contributed by atoms with Gasteiger partial charge in [0.15, 0.2) is 0 Å². The Balaban J connectivity index is -0.000000189. The van der Waals surface area contributed by atoms with Gasteiger partial charge >= 0.3 is 21.1 Å². The number of nitrogens with one attached hydrogen (secondary N) is 2. The predicted molar refractivity (Wildman–Crippen MR) is 128 cm³/mol. The number of hydrogen-bond acceptors (Lipinski definition) is 2. The molecule has 2 N–H and O–H groups in total. The normalized spacial score (nSPS) is 10.6. The van der Waals surface area contributed by atoms with Gasteiger partial charge in [0.1, 0.15) is 0 Å². The molecule has 2 aromatic carbocycles. The van der Waals surface area contributed by atoms with Gasteiger partial charge in [-0.05, 0) is 31.5 Å². The second-order valence-electron chi connectivity index (χ2n) is 4.95. The van der Waals surface area contributed by atoms with E-state index < -0.39 is 0 Å². The van der Waals surface area contributed by atoms with E-state index in [1.165, 1.54) is 32.4 Å². The van der Waals surface area contributed by atoms with Crippen LogP contribution in [0.5, 0.6) is 0 Å². The number of carbonyl (C=O) groups excluding carboxylic acids is 1. The molecule has 1 heterocycles. The van der Waals surface area contributed by atoms with Crippen LogP contribution in [-0.2, 0) is 25.9 Å². The molecule has 0 atom stereocenters. The van der Waals surface area contributed by atoms with Gasteiger partial charge in [-0.25, -0.2) is 0 Å². The molecule has 3 nitrogen and oxygen atoms in total. The molecule has 1 aliphatic heterocycles. The summed E-state index contributed by atoms with van der Waals surface area (Å²) >= 11 is 0. The third-order valence-corrected chi connectivity index (χ3v) is 3.40. The van der Waals surface area contributed by atoms with E-state index in [0.29, 0.717) is 0 Å². The molecular formula is C25H42N2OW. The largest absolute Gasteiger partial charge is 2.00 e. The van der Waals surface area contributed by atoms with Crippen LogP contribution in [0, 0.1) is 7.43 Å². The molecule has 0 aromatic heterocycles. The van der Waals surface area contributed by atoms with E-state index in [2.05, 4.69) is 10.6 Å². The Labute approximate surface area is 195 Å². The van der Waals surface area contributed by atoms with E-state index in [0.717, 1.165) is 16.8 Å². The fourth-order valence-corrected chi connectivity index (χ4v) is 2.32. The van der Waals surface area contributed by atoms with Crippen molar-refractivity contribution in [3.05, 3.63) is 62.0 Å². The predicted octanol–water partition coefficient (Wildman–Crippen LogP) is 7.12. The van der Waals surface area contributed by atoms with Gasteiger partial charge in [-0.2, -0.15) is 0 Å². The number of rotatable bonds is 3. The van der Waals surface area contributed by atoms with E-state index >= 15 is 0 Å². The van der Waals surface area contributed by atoms with Crippen LogP contribution in [0.4, 0.5) is 5.69 Å². The fourth-order valence-electron chi connectivity index (χ4n) is 2.32. The molecule has 1 fully saturated rings. The van der Waals surface area contributed by atoms with E-state index in [1.54, 1.807) is 6.41 Å². The summed E-state index contributed by atoms with van der Waals surface area (Å²) in [6, 6.07) is 17.6. The van der Waals surface area contributed by atoms with Crippen molar-refractivity contribution in [1.82, 2.24) is 5.32 Å². The van der Waals surface area contributed by atoms with Gasteiger partial charge in [0.2, 0.25) is 0 Å². The van der Waals surface area contributed by atoms with Gasteiger partial charge in [-0.3, -0.25) is 0 Å². The number of hydrogen-bond donors (Lipinski definition) is 2. The maximum atomic E-state index is 10.3. The molecule has 164 valence electrons. The van der Waals surface area contributed by atoms with Crippen LogP contribution >= 0.6 is 0 Å². The minimum atomic E-state index is 0. The van der Waals surface area contributed by atoms with E-state index in [9.17, 15) is 4.79 Å². The van der Waals surface area contributed by atoms with Crippen LogP contribution in [-0.4, -0.2) is 19.5 Å². The number of amides is 1. The molecule has 0 spiro atoms. The van der Waals surface area contributed by atoms with Crippen molar-refractivity contribution in [3.8, 4) is 11.1 Å². The number of piperidine rings is 1. The first kappa shape index (κ1) is 35.0. The van der Waals surface area contributed by atoms with Gasteiger partial charge in [0.05, 0.1) is 6.41 Å². The van der Waals surface area contributed by atoms with E-state index in [-0.39, 0.29) is 28.5 Å². The van der Waals surface area contributed by atoms with E-state index in [1.807, 2.05) is 96.1 Å². The molecule has 0 aliphatic carbocycles. The SMILES string of the molecule is C1CCNCC1.CC.CC.CC.O=[C-]Nc1ccccc1-c1ccccc1.[CH3-].[W+2]. The molecule has 1 saturated heterocycles. The molecule has 0 saturated carbocycles. The van der Waals surface area contributed by atoms with Crippen LogP contribution < -0.4 is 10.6 Å². The second kappa shape index (κ2) is 28.8. The van der Waals surface area contributed by atoms with Crippen molar-refractivity contribution in [1.29, 1.82) is 0 Å². The summed E-state index contributed by atoms with van der Waals surface area (Å²) in [7, 11) is 0. The summed E-state index contributed by atoms with van der Waals surface area (Å²) in [5, 5.41) is 5.85. The third-order valence-electron chi connectivity index (χ3n) is 3.40. The van der Waals surface area contributed by atoms with Crippen LogP contribution in [0.2, 0.25) is 0 Å². The number of anilines is 1. The smallest absolute Gasteiger partial charge is 0.490 e. The standard InChI is InChI=1S/C13H10NO.C5H11N.3C2H6.CH3.W/c15-10-14-13-9-5-4-8-12(13)11-6-2-1-3-7-11;1-2-4-6-5-3-1;3*1-2;;/h1-9H,(H,14,15);6H,1-5H2;3*1-2H3;1H3;/q-1;;;;;-1;+2. The summed E-state index contributed by atoms with van der Waals surface area (Å²) in [4.78, 5) is 10.3. The summed E-state index contributed by atoms with van der Waals surface area (Å²) in [6.45, 7) is 14.5. The van der Waals surface area contributed by atoms with Gasteiger partial charge in [-0.15, -0.1) is 11.8 Å². The van der Waals surface area contributed by atoms with Crippen LogP contribution in [0.25, 0.3) is 11.1 Å². The van der Waals surface area contributed by atoms with Crippen LogP contribution in [0.15, 0.2) is 54.6 Å². The summed E-state index contributed by atoms with van der Waals surface area (Å²) in [5.41, 5.74) is 2.86. The van der Waals surface area contributed by atoms with Gasteiger partial charge in [-0.1, -0.05) is 102 Å². The van der Waals surface area contributed by atoms with E-state index in [4.69, 9.17) is 0 Å². The van der Waals surface area contributed by atoms with Crippen molar-refractivity contribution < 1.29 is 25.9 Å². The van der Waals surface area contributed by atoms with Crippen molar-refractivity contribution in [2.75, 3.05) is 18.4 Å². The monoisotopic (exact) mass is 570 g/mol. The maximum absolute atomic E-state index is 10.3. The molecule has 0 bridgehead atoms. The maximum Gasteiger partial charge on any atom is 2.00 e. The number of benzene rings is 2. The first-order valence-corrected chi connectivity index (χ1v) is 10.4. The molecule has 1 amide bonds. The Hall–Kier alpha value is -1.44. The van der Waals surface area contributed by atoms with Crippen LogP contribution in [0.1, 0.15) is 60.8 Å². The number of para-hydroxylation sites is 1. The van der Waals surface area contributed by atoms with Crippen molar-refractivity contribution in [3.63, 3.8) is 0 Å². The van der Waals surface area contributed by atoms with Gasteiger partial charge in [0, 0.05) is 0 Å². The van der Waals surface area contributed by atoms with Gasteiger partial charge < -0.3 is 22.9 Å². The minimum absolute atomic E-state index is 0. The molecule has 1 aliphatic rings. The van der Waals surface area contributed by atoms with Crippen molar-refractivity contribution >= 4 is 12.1 Å². The average Bonchev–Trinajstić information content (AvgIpc) is 2.81. The molecular weight excluding hydrogens is 528 g/mol. The minimum Gasteiger partial charge on any atom is -0.490 e. The Kier molecular flexibility index (Phi) is 34.7. The first-order chi connectivity index (χ1) is 13.4. The van der Waals surface area contributed by atoms with Crippen molar-refractivity contribution in [2.45, 2.75) is 60.8 Å². The van der Waals surface area contributed by atoms with Gasteiger partial charge in [0.25, 0.3) is 0 Å². The zero-order valence-corrected chi connectivity index (χ0v) is 22.5. The van der Waals surface area contributed by atoms with Crippen LogP contribution in [0.3, 0.4) is 0 Å². The summed E-state index contributed by atoms with van der Waals surface area (Å²) in [6.07, 6.45) is 5.91. The molecule has 0 unspecified atom stereocenters. The van der Waals surface area contributed by atoms with Crippen molar-refractivity contribution in [2.24, 2.45) is 0 Å². The molecule has 4 heteroatoms. The molecule has 3 rings (SSSR count). The average molecular weight is 570 g/mol. The molecule has 29 heavy (non-hydrogen) atoms. The Morgan fingerprint density at radius 2 is 1.24 bits per heavy atom. The molecule has 2 aromatic rings. The zero-order valence-electron chi connectivity index (χ0n) is 19.5. The fraction of sp³-hybridized carbons (Fsp3) is 0.440. The summed E-state index contributed by atoms with van der Waals surface area (Å²) < 4.78 is 0. The Morgan fingerprint density at radius 1 is 0.759 bits per heavy atom. The quantitative estimate of drug-likeness (QED) is 0.305. The first-order valence-electron chi connectivity index (χ1n) is 10.4. The topological polar surface area (TPSA) is 41.1 Å². The Bertz CT molecular complexity index is 532. The third kappa shape index (κ3) is 17.2. The zero-order chi connectivity index (χ0) is 20.8. The summed E-state index contributed by atoms with van der Waals surface area (Å²) in [5.74, 6) is 0. The molecule has 0 radical (unpaired) electrons. The Morgan fingerprint density at radius 3 is 1.66 bits per heavy atom. The second-order valence-corrected chi connectivity index (χ2v) is 4.95.